The van der Waals surface area contributed by atoms with Gasteiger partial charge < -0.3 is 4.74 Å². The molecule has 0 aliphatic carbocycles. The van der Waals surface area contributed by atoms with E-state index in [0.717, 1.165) is 5.56 Å². The molecule has 0 spiro atoms. The molecule has 0 bridgehead atoms. The molecule has 1 saturated heterocycles. The molecule has 1 aliphatic heterocycles. The number of nitrogens with zero attached hydrogens (tertiary/aromatic N) is 3. The summed E-state index contributed by atoms with van der Waals surface area (Å²) in [7, 11) is -4.00. The maximum Gasteiger partial charge on any atom is 0.333 e. The van der Waals surface area contributed by atoms with Crippen LogP contribution in [0.3, 0.4) is 0 Å². The average Bonchev–Trinajstić information content (AvgIpc) is 2.99. The Balaban J connectivity index is 1.84. The van der Waals surface area contributed by atoms with Gasteiger partial charge in [0.2, 0.25) is 10.0 Å². The molecule has 154 valence electrons. The Labute approximate surface area is 163 Å². The van der Waals surface area contributed by atoms with Gasteiger partial charge in [0.1, 0.15) is 4.90 Å². The Kier molecular flexibility index (Phi) is 6.43. The van der Waals surface area contributed by atoms with Crippen LogP contribution in [-0.4, -0.2) is 55.9 Å². The van der Waals surface area contributed by atoms with Gasteiger partial charge in [-0.3, -0.25) is 4.90 Å². The molecule has 2 aromatic rings. The van der Waals surface area contributed by atoms with Crippen molar-refractivity contribution in [2.75, 3.05) is 32.8 Å². The predicted molar refractivity (Wildman–Crippen MR) is 99.7 cm³/mol. The van der Waals surface area contributed by atoms with E-state index < -0.39 is 16.6 Å². The van der Waals surface area contributed by atoms with Crippen molar-refractivity contribution < 1.29 is 21.9 Å². The van der Waals surface area contributed by atoms with Crippen LogP contribution in [0.5, 0.6) is 0 Å². The van der Waals surface area contributed by atoms with E-state index in [1.807, 2.05) is 30.3 Å². The summed E-state index contributed by atoms with van der Waals surface area (Å²) in [6, 6.07) is 9.40. The molecular formula is C18H24F2N4O3S. The molecule has 10 heteroatoms. The van der Waals surface area contributed by atoms with E-state index in [1.165, 1.54) is 13.8 Å². The zero-order valence-corrected chi connectivity index (χ0v) is 16.6. The summed E-state index contributed by atoms with van der Waals surface area (Å²) in [4.78, 5) is 1.96. The largest absolute Gasteiger partial charge is 0.379 e. The summed E-state index contributed by atoms with van der Waals surface area (Å²) in [5.74, 6) is 0. The van der Waals surface area contributed by atoms with Crippen LogP contribution in [0, 0.1) is 13.8 Å². The van der Waals surface area contributed by atoms with Crippen LogP contribution in [-0.2, 0) is 14.8 Å². The van der Waals surface area contributed by atoms with E-state index in [1.54, 1.807) is 0 Å². The molecule has 1 N–H and O–H groups in total. The molecule has 28 heavy (non-hydrogen) atoms. The SMILES string of the molecule is Cc1nn(C(F)F)c(C)c1S(=O)(=O)NCC(c1ccccc1)N1CCOCC1. The first kappa shape index (κ1) is 20.8. The summed E-state index contributed by atoms with van der Waals surface area (Å²) in [5.41, 5.74) is 0.944. The maximum atomic E-state index is 13.1. The summed E-state index contributed by atoms with van der Waals surface area (Å²) < 4.78 is 60.3. The second kappa shape index (κ2) is 8.64. The first-order valence-corrected chi connectivity index (χ1v) is 10.5. The van der Waals surface area contributed by atoms with Gasteiger partial charge in [0.15, 0.2) is 0 Å². The van der Waals surface area contributed by atoms with Gasteiger partial charge in [-0.1, -0.05) is 30.3 Å². The number of ether oxygens (including phenoxy) is 1. The molecule has 1 atom stereocenters. The predicted octanol–water partition coefficient (Wildman–Crippen LogP) is 2.25. The minimum absolute atomic E-state index is 0.0490. The number of halogens is 2. The van der Waals surface area contributed by atoms with Gasteiger partial charge in [0.25, 0.3) is 0 Å². The fraction of sp³-hybridized carbons (Fsp3) is 0.500. The lowest BCUT2D eigenvalue weighted by Crippen LogP contribution is -2.43. The van der Waals surface area contributed by atoms with Crippen molar-refractivity contribution in [3.05, 3.63) is 47.3 Å². The van der Waals surface area contributed by atoms with Gasteiger partial charge in [-0.2, -0.15) is 13.9 Å². The molecule has 2 heterocycles. The van der Waals surface area contributed by atoms with E-state index in [-0.39, 0.29) is 28.9 Å². The third-order valence-corrected chi connectivity index (χ3v) is 6.52. The van der Waals surface area contributed by atoms with Gasteiger partial charge in [0.05, 0.1) is 24.6 Å². The fourth-order valence-corrected chi connectivity index (χ4v) is 4.94. The topological polar surface area (TPSA) is 76.5 Å². The van der Waals surface area contributed by atoms with Crippen LogP contribution in [0.1, 0.15) is 29.5 Å². The first-order valence-electron chi connectivity index (χ1n) is 9.01. The number of hydrogen-bond donors (Lipinski definition) is 1. The quantitative estimate of drug-likeness (QED) is 0.752. The molecule has 1 aliphatic rings. The second-order valence-corrected chi connectivity index (χ2v) is 8.35. The van der Waals surface area contributed by atoms with E-state index in [0.29, 0.717) is 31.0 Å². The van der Waals surface area contributed by atoms with Crippen LogP contribution in [0.2, 0.25) is 0 Å². The number of sulfonamides is 1. The van der Waals surface area contributed by atoms with Crippen LogP contribution in [0.25, 0.3) is 0 Å². The van der Waals surface area contributed by atoms with Crippen molar-refractivity contribution in [1.82, 2.24) is 19.4 Å². The number of benzene rings is 1. The molecule has 1 fully saturated rings. The normalized spacial score (nSPS) is 17.2. The Morgan fingerprint density at radius 3 is 2.39 bits per heavy atom. The van der Waals surface area contributed by atoms with E-state index in [2.05, 4.69) is 14.7 Å². The van der Waals surface area contributed by atoms with Gasteiger partial charge in [-0.25, -0.2) is 17.8 Å². The molecule has 0 saturated carbocycles. The van der Waals surface area contributed by atoms with Crippen LogP contribution in [0.15, 0.2) is 35.2 Å². The second-order valence-electron chi connectivity index (χ2n) is 6.65. The Hall–Kier alpha value is -1.88. The maximum absolute atomic E-state index is 13.1. The first-order chi connectivity index (χ1) is 13.3. The van der Waals surface area contributed by atoms with Gasteiger partial charge in [-0.05, 0) is 19.4 Å². The lowest BCUT2D eigenvalue weighted by atomic mass is 10.1. The summed E-state index contributed by atoms with van der Waals surface area (Å²) >= 11 is 0. The summed E-state index contributed by atoms with van der Waals surface area (Å²) in [6.45, 7) is 2.49. The van der Waals surface area contributed by atoms with Gasteiger partial charge in [0, 0.05) is 25.7 Å². The van der Waals surface area contributed by atoms with Crippen LogP contribution >= 0.6 is 0 Å². The highest BCUT2D eigenvalue weighted by Gasteiger charge is 2.29. The molecule has 1 aromatic heterocycles. The molecular weight excluding hydrogens is 390 g/mol. The Morgan fingerprint density at radius 2 is 1.82 bits per heavy atom. The minimum atomic E-state index is -4.00. The number of rotatable bonds is 7. The average molecular weight is 414 g/mol. The summed E-state index contributed by atoms with van der Waals surface area (Å²) in [6.07, 6.45) is 0. The van der Waals surface area contributed by atoms with Crippen molar-refractivity contribution in [3.63, 3.8) is 0 Å². The number of aromatic nitrogens is 2. The highest BCUT2D eigenvalue weighted by Crippen LogP contribution is 2.25. The monoisotopic (exact) mass is 414 g/mol. The van der Waals surface area contributed by atoms with Crippen molar-refractivity contribution in [2.24, 2.45) is 0 Å². The van der Waals surface area contributed by atoms with Crippen LogP contribution < -0.4 is 4.72 Å². The van der Waals surface area contributed by atoms with Gasteiger partial charge >= 0.3 is 6.55 Å². The standard InChI is InChI=1S/C18H24F2N4O3S/c1-13-17(14(2)24(22-13)18(19)20)28(25,26)21-12-16(15-6-4-3-5-7-15)23-8-10-27-11-9-23/h3-7,16,18,21H,8-12H2,1-2H3. The number of hydrogen-bond acceptors (Lipinski definition) is 5. The zero-order valence-electron chi connectivity index (χ0n) is 15.8. The Morgan fingerprint density at radius 1 is 1.18 bits per heavy atom. The van der Waals surface area contributed by atoms with E-state index >= 15 is 0 Å². The third-order valence-electron chi connectivity index (χ3n) is 4.85. The highest BCUT2D eigenvalue weighted by molar-refractivity contribution is 7.89. The number of alkyl halides is 2. The molecule has 7 nitrogen and oxygen atoms in total. The molecule has 0 radical (unpaired) electrons. The summed E-state index contributed by atoms with van der Waals surface area (Å²) in [5, 5.41) is 3.67. The third kappa shape index (κ3) is 4.40. The number of morpholine rings is 1. The van der Waals surface area contributed by atoms with E-state index in [4.69, 9.17) is 4.74 Å². The molecule has 1 aromatic carbocycles. The fourth-order valence-electron chi connectivity index (χ4n) is 3.51. The Bertz CT molecular complexity index is 897. The van der Waals surface area contributed by atoms with Crippen molar-refractivity contribution in [3.8, 4) is 0 Å². The molecule has 1 unspecified atom stereocenters. The van der Waals surface area contributed by atoms with Crippen molar-refractivity contribution >= 4 is 10.0 Å². The lowest BCUT2D eigenvalue weighted by molar-refractivity contribution is 0.0172. The molecule has 3 rings (SSSR count). The highest BCUT2D eigenvalue weighted by atomic mass is 32.2. The van der Waals surface area contributed by atoms with Crippen molar-refractivity contribution in [1.29, 1.82) is 0 Å². The smallest absolute Gasteiger partial charge is 0.333 e. The van der Waals surface area contributed by atoms with Gasteiger partial charge in [-0.15, -0.1) is 0 Å². The number of aryl methyl sites for hydroxylation is 1. The minimum Gasteiger partial charge on any atom is -0.379 e. The van der Waals surface area contributed by atoms with E-state index in [9.17, 15) is 17.2 Å². The molecule has 0 amide bonds. The van der Waals surface area contributed by atoms with Crippen molar-refractivity contribution in [2.45, 2.75) is 31.3 Å². The number of nitrogens with one attached hydrogen (secondary N) is 1. The van der Waals surface area contributed by atoms with Crippen LogP contribution in [0.4, 0.5) is 8.78 Å². The lowest BCUT2D eigenvalue weighted by Gasteiger charge is -2.34. The zero-order chi connectivity index (χ0) is 20.3.